The van der Waals surface area contributed by atoms with Crippen molar-refractivity contribution >= 4 is 46.0 Å². The van der Waals surface area contributed by atoms with E-state index in [-0.39, 0.29) is 17.7 Å². The number of aryl methyl sites for hydroxylation is 3. The van der Waals surface area contributed by atoms with Crippen molar-refractivity contribution in [1.82, 2.24) is 29.7 Å². The zero-order valence-electron chi connectivity index (χ0n) is 47.0. The summed E-state index contributed by atoms with van der Waals surface area (Å²) in [7, 11) is 4.12. The fraction of sp³-hybridized carbons (Fsp3) is 0.617. The minimum absolute atomic E-state index is 0.138. The highest BCUT2D eigenvalue weighted by Crippen LogP contribution is 2.44. The molecule has 1 spiro atoms. The second-order valence-corrected chi connectivity index (χ2v) is 21.1. The number of nitrogens with one attached hydrogen (secondary N) is 2. The number of likely N-dealkylation sites (tertiary alicyclic amines) is 1. The van der Waals surface area contributed by atoms with Gasteiger partial charge in [0.05, 0.1) is 16.7 Å². The largest absolute Gasteiger partial charge is 0.370 e. The van der Waals surface area contributed by atoms with Crippen molar-refractivity contribution in [2.75, 3.05) is 56.5 Å². The number of pyridine rings is 1. The predicted octanol–water partition coefficient (Wildman–Crippen LogP) is 13.6. The number of hydrogen-bond donors (Lipinski definition) is 2. The molecule has 2 aromatic heterocycles. The number of halogens is 2. The molecule has 2 aromatic carbocycles. The molecular formula is C60H92F2N8O3. The van der Waals surface area contributed by atoms with Crippen molar-refractivity contribution in [3.63, 3.8) is 0 Å². The Morgan fingerprint density at radius 2 is 1.37 bits per heavy atom. The molecule has 4 aliphatic heterocycles. The molecule has 0 radical (unpaired) electrons. The lowest BCUT2D eigenvalue weighted by molar-refractivity contribution is -0.132. The Kier molecular flexibility index (Phi) is 25.2. The highest BCUT2D eigenvalue weighted by molar-refractivity contribution is 6.04. The van der Waals surface area contributed by atoms with E-state index in [4.69, 9.17) is 9.97 Å². The zero-order chi connectivity index (χ0) is 53.7. The molecule has 9 rings (SSSR count). The second-order valence-electron chi connectivity index (χ2n) is 21.1. The molecule has 4 fully saturated rings. The summed E-state index contributed by atoms with van der Waals surface area (Å²) in [5.41, 5.74) is 9.14. The third kappa shape index (κ3) is 18.7. The average Bonchev–Trinajstić information content (AvgIpc) is 4.03. The van der Waals surface area contributed by atoms with E-state index in [9.17, 15) is 23.2 Å². The van der Waals surface area contributed by atoms with Gasteiger partial charge in [0.15, 0.2) is 0 Å². The Bertz CT molecular complexity index is 2320. The fourth-order valence-corrected chi connectivity index (χ4v) is 9.92. The number of likely N-dealkylation sites (N-methyl/N-ethyl adjacent to an activating group) is 1. The van der Waals surface area contributed by atoms with E-state index in [0.717, 1.165) is 73.0 Å². The minimum atomic E-state index is -0.521. The quantitative estimate of drug-likeness (QED) is 0.135. The van der Waals surface area contributed by atoms with Gasteiger partial charge in [-0.25, -0.2) is 13.8 Å². The molecule has 13 heteroatoms. The minimum Gasteiger partial charge on any atom is -0.370 e. The molecule has 2 N–H and O–H groups in total. The number of carbonyl (C=O) groups excluding carboxylic acids is 3. The van der Waals surface area contributed by atoms with Crippen LogP contribution in [0.5, 0.6) is 0 Å². The van der Waals surface area contributed by atoms with Gasteiger partial charge in [-0.15, -0.1) is 0 Å². The van der Waals surface area contributed by atoms with Crippen LogP contribution in [0.3, 0.4) is 0 Å². The van der Waals surface area contributed by atoms with Gasteiger partial charge in [0.1, 0.15) is 11.6 Å². The molecule has 1 aliphatic carbocycles. The summed E-state index contributed by atoms with van der Waals surface area (Å²) < 4.78 is 26.4. The summed E-state index contributed by atoms with van der Waals surface area (Å²) in [6.45, 7) is 27.8. The van der Waals surface area contributed by atoms with Crippen LogP contribution in [0, 0.1) is 36.8 Å². The number of imide groups is 1. The number of nitrogens with zero attached hydrogens (tertiary/aromatic N) is 6. The molecule has 0 bridgehead atoms. The molecule has 6 heterocycles. The van der Waals surface area contributed by atoms with Gasteiger partial charge in [0.25, 0.3) is 5.91 Å². The number of benzene rings is 2. The lowest BCUT2D eigenvalue weighted by Crippen LogP contribution is -2.73. The highest BCUT2D eigenvalue weighted by Gasteiger charge is 2.53. The molecule has 11 nitrogen and oxygen atoms in total. The Hall–Kier alpha value is -5.01. The maximum Gasteiger partial charge on any atom is 0.258 e. The third-order valence-corrected chi connectivity index (χ3v) is 14.6. The van der Waals surface area contributed by atoms with E-state index < -0.39 is 11.6 Å². The Labute approximate surface area is 438 Å². The van der Waals surface area contributed by atoms with E-state index in [2.05, 4.69) is 92.1 Å². The van der Waals surface area contributed by atoms with E-state index in [1.54, 1.807) is 6.92 Å². The number of carbonyl (C=O) groups is 3. The summed E-state index contributed by atoms with van der Waals surface area (Å²) in [5, 5.41) is 5.29. The van der Waals surface area contributed by atoms with Gasteiger partial charge in [-0.1, -0.05) is 112 Å². The van der Waals surface area contributed by atoms with Gasteiger partial charge >= 0.3 is 0 Å². The Morgan fingerprint density at radius 3 is 1.90 bits per heavy atom. The Balaban J connectivity index is 0.000000331. The normalized spacial score (nSPS) is 17.9. The summed E-state index contributed by atoms with van der Waals surface area (Å²) in [6, 6.07) is 14.5. The number of anilines is 2. The molecule has 2 atom stereocenters. The maximum atomic E-state index is 13.5. The number of hydrogen-bond acceptors (Lipinski definition) is 8. The molecule has 4 aromatic rings. The first kappa shape index (κ1) is 60.5. The number of piperidine rings is 1. The van der Waals surface area contributed by atoms with Crippen LogP contribution >= 0.6 is 0 Å². The monoisotopic (exact) mass is 1010 g/mol. The van der Waals surface area contributed by atoms with Crippen LogP contribution in [-0.4, -0.2) is 94.4 Å². The summed E-state index contributed by atoms with van der Waals surface area (Å²) in [4.78, 5) is 51.3. The summed E-state index contributed by atoms with van der Waals surface area (Å²) in [6.07, 6.45) is 19.5. The predicted molar refractivity (Wildman–Crippen MR) is 299 cm³/mol. The molecule has 2 unspecified atom stereocenters. The zero-order valence-corrected chi connectivity index (χ0v) is 47.0. The topological polar surface area (TPSA) is 116 Å². The lowest BCUT2D eigenvalue weighted by Gasteiger charge is -2.63. The number of amides is 3. The molecule has 5 aliphatic rings. The van der Waals surface area contributed by atoms with Crippen molar-refractivity contribution in [3.05, 3.63) is 88.3 Å². The van der Waals surface area contributed by atoms with Crippen molar-refractivity contribution in [2.45, 2.75) is 178 Å². The fourth-order valence-electron chi connectivity index (χ4n) is 9.92. The standard InChI is InChI=1S/C37H53N7O.C7H6F2.C5H7NO2.C5H10.C4H10.C2H6/c1-8-10-29(12-11-25(3)9-2)43-21-37(22-43)23-44(24-37)30-13-14-32-34(19-30)42(7)36(39-32)40-35(45)28-17-27(5)38-33(18-28)31-20-41(6)16-15-26(31)4;1-5-2-6(8)4-7(9)3-5;7-4-2-1-3-5(8)6-4;1-2-4-5-3-1;1-3-4-2;1-2/h13-14,17-19,25,29H,8-12,15-16,20-24H2,1-7H3,(H,39,40,45);2-4H,1H3;1-3H2,(H,6,7,8);1-5H2;3-4H2,1-2H3;1-2H3. The van der Waals surface area contributed by atoms with E-state index in [1.165, 1.54) is 119 Å². The second kappa shape index (κ2) is 30.4. The summed E-state index contributed by atoms with van der Waals surface area (Å²) in [5.74, 6) is -0.0849. The van der Waals surface area contributed by atoms with Gasteiger partial charge in [0.2, 0.25) is 17.8 Å². The van der Waals surface area contributed by atoms with Crippen molar-refractivity contribution in [3.8, 4) is 0 Å². The SMILES string of the molecule is C1CCCC1.CC.CCCC.CCCC(CCC(C)CC)N1CC2(CN(c3ccc4nc(NC(=O)c5cc(C)nc(C6=C(C)CCN(C)C6)c5)n(C)c4c3)C2)C1.Cc1cc(F)cc(F)c1.O=C1CCCC(=O)N1. The molecule has 404 valence electrons. The van der Waals surface area contributed by atoms with Crippen LogP contribution in [0.4, 0.5) is 20.4 Å². The highest BCUT2D eigenvalue weighted by atomic mass is 19.1. The van der Waals surface area contributed by atoms with Crippen LogP contribution in [0.1, 0.15) is 185 Å². The first-order chi connectivity index (χ1) is 35.0. The smallest absolute Gasteiger partial charge is 0.258 e. The number of aromatic nitrogens is 3. The summed E-state index contributed by atoms with van der Waals surface area (Å²) >= 11 is 0. The average molecular weight is 1010 g/mol. The number of unbranched alkanes of at least 4 members (excludes halogenated alkanes) is 1. The maximum absolute atomic E-state index is 13.5. The van der Waals surface area contributed by atoms with Gasteiger partial charge in [-0.3, -0.25) is 34.9 Å². The number of fused-ring (bicyclic) bond motifs is 1. The van der Waals surface area contributed by atoms with Gasteiger partial charge in [-0.2, -0.15) is 0 Å². The van der Waals surface area contributed by atoms with Crippen LogP contribution < -0.4 is 15.5 Å². The van der Waals surface area contributed by atoms with Crippen LogP contribution in [0.25, 0.3) is 16.6 Å². The molecule has 3 amide bonds. The number of imidazole rings is 1. The first-order valence-corrected chi connectivity index (χ1v) is 27.8. The number of rotatable bonds is 12. The Morgan fingerprint density at radius 1 is 0.753 bits per heavy atom. The van der Waals surface area contributed by atoms with Crippen molar-refractivity contribution in [2.24, 2.45) is 18.4 Å². The molecule has 73 heavy (non-hydrogen) atoms. The molecular weight excluding hydrogens is 919 g/mol. The van der Waals surface area contributed by atoms with E-state index >= 15 is 0 Å². The molecule has 3 saturated heterocycles. The van der Waals surface area contributed by atoms with Gasteiger partial charge < -0.3 is 14.4 Å². The van der Waals surface area contributed by atoms with Crippen molar-refractivity contribution in [1.29, 1.82) is 0 Å². The first-order valence-electron chi connectivity index (χ1n) is 27.8. The van der Waals surface area contributed by atoms with Gasteiger partial charge in [0, 0.05) is 93.6 Å². The van der Waals surface area contributed by atoms with Crippen LogP contribution in [0.15, 0.2) is 54.1 Å². The van der Waals surface area contributed by atoms with Crippen LogP contribution in [-0.2, 0) is 16.6 Å². The molecule has 1 saturated carbocycles. The third-order valence-electron chi connectivity index (χ3n) is 14.6. The van der Waals surface area contributed by atoms with Crippen molar-refractivity contribution < 1.29 is 23.2 Å². The van der Waals surface area contributed by atoms with E-state index in [1.807, 2.05) is 44.5 Å². The van der Waals surface area contributed by atoms with Gasteiger partial charge in [-0.05, 0) is 119 Å². The lowest BCUT2D eigenvalue weighted by atomic mass is 9.71. The van der Waals surface area contributed by atoms with Crippen LogP contribution in [0.2, 0.25) is 0 Å². The van der Waals surface area contributed by atoms with E-state index in [0.29, 0.717) is 41.8 Å².